The normalized spacial score (nSPS) is 3.00. The van der Waals surface area contributed by atoms with Gasteiger partial charge in [-0.05, 0) is 6.16 Å². The van der Waals surface area contributed by atoms with Crippen molar-refractivity contribution in [1.29, 1.82) is 0 Å². The third kappa shape index (κ3) is 106. The quantitative estimate of drug-likeness (QED) is 0.361. The van der Waals surface area contributed by atoms with E-state index in [0.717, 1.165) is 0 Å². The molecule has 0 amide bonds. The Hall–Kier alpha value is 1.88. The average Bonchev–Trinajstić information content (AvgIpc) is 0.811. The molecule has 0 unspecified atom stereocenters. The summed E-state index contributed by atoms with van der Waals surface area (Å²) in [4.78, 5) is 8.33. The van der Waals surface area contributed by atoms with Crippen molar-refractivity contribution in [2.24, 2.45) is 0 Å². The summed E-state index contributed by atoms with van der Waals surface area (Å²) in [5.74, 6) is 0. The van der Waals surface area contributed by atoms with E-state index in [1.54, 1.807) is 0 Å². The topological polar surface area (TPSA) is 63.2 Å². The van der Waals surface area contributed by atoms with Gasteiger partial charge < -0.3 is 39.8 Å². The molecule has 0 fully saturated rings. The summed E-state index contributed by atoms with van der Waals surface area (Å²) < 4.78 is 0. The Kier molecular flexibility index (Phi) is 94.7. The van der Waals surface area contributed by atoms with Gasteiger partial charge in [0.1, 0.15) is 0 Å². The molecule has 0 aromatic rings. The van der Waals surface area contributed by atoms with E-state index in [1.807, 2.05) is 0 Å². The molecule has 0 aliphatic heterocycles. The first-order chi connectivity index (χ1) is 1.73. The Balaban J connectivity index is -0.00000000750. The summed E-state index contributed by atoms with van der Waals surface area (Å²) >= 11 is 0. The van der Waals surface area contributed by atoms with E-state index in [0.29, 0.717) is 0 Å². The van der Waals surface area contributed by atoms with Crippen molar-refractivity contribution in [2.45, 2.75) is 0 Å². The van der Waals surface area contributed by atoms with Gasteiger partial charge in [-0.15, -0.1) is 0 Å². The maximum Gasteiger partial charge on any atom is 2.00 e. The Morgan fingerprint density at radius 2 is 1.12 bits per heavy atom. The fourth-order valence-electron chi connectivity index (χ4n) is 0. The summed E-state index contributed by atoms with van der Waals surface area (Å²) in [5.41, 5.74) is 0. The molecule has 8 heavy (non-hydrogen) atoms. The number of carbonyl (C=O) groups is 1. The van der Waals surface area contributed by atoms with Crippen molar-refractivity contribution in [1.82, 2.24) is 0 Å². The van der Waals surface area contributed by atoms with Crippen LogP contribution in [0.2, 0.25) is 0 Å². The minimum Gasteiger partial charge on any atom is -1.00 e. The van der Waals surface area contributed by atoms with Gasteiger partial charge >= 0.3 is 60.8 Å². The molecule has 0 heterocycles. The Labute approximate surface area is 105 Å². The largest absolute Gasteiger partial charge is 2.00 e. The van der Waals surface area contributed by atoms with Crippen molar-refractivity contribution in [2.75, 3.05) is 0 Å². The van der Waals surface area contributed by atoms with Gasteiger partial charge in [-0.2, -0.15) is 0 Å². The van der Waals surface area contributed by atoms with Gasteiger partial charge in [0.2, 0.25) is 0 Å². The molecule has 0 atom stereocenters. The molecule has 0 spiro atoms. The first-order valence-electron chi connectivity index (χ1n) is 0.612. The van der Waals surface area contributed by atoms with Gasteiger partial charge in [-0.25, -0.2) is 0 Å². The molecular weight excluding hydrogens is 195 g/mol. The molecule has 0 saturated heterocycles. The van der Waals surface area contributed by atoms with Crippen molar-refractivity contribution < 1.29 is 39.8 Å². The monoisotopic (exact) mass is 194 g/mol. The Bertz CT molecular complexity index is 40.3. The molecule has 3 nitrogen and oxygen atoms in total. The second-order valence-corrected chi connectivity index (χ2v) is 0.250. The summed E-state index contributed by atoms with van der Waals surface area (Å²) in [6.07, 6.45) is -2.33. The van der Waals surface area contributed by atoms with E-state index in [4.69, 9.17) is 15.0 Å². The van der Waals surface area contributed by atoms with Crippen LogP contribution in [0.4, 0.5) is 4.79 Å². The standard InChI is InChI=1S/CH2O3.Ca.2ClH.Mg/c2-1(3)4;;;;/h(H2,2,3,4);;2*1H;/q;+2;;;+2/p-4. The van der Waals surface area contributed by atoms with Crippen LogP contribution in [0.1, 0.15) is 0 Å². The molecule has 0 aliphatic carbocycles. The minimum atomic E-state index is -2.33. The number of carbonyl (C=O) groups excluding carboxylic acids is 1. The molecule has 0 N–H and O–H groups in total. The number of carboxylic acid groups (broad SMARTS) is 2. The molecule has 0 rings (SSSR count). The molecule has 0 aromatic carbocycles. The van der Waals surface area contributed by atoms with Gasteiger partial charge in [-0.1, -0.05) is 0 Å². The van der Waals surface area contributed by atoms with Crippen molar-refractivity contribution in [3.8, 4) is 0 Å². The second-order valence-electron chi connectivity index (χ2n) is 0.250. The predicted octanol–water partition coefficient (Wildman–Crippen LogP) is -9.20. The maximum atomic E-state index is 8.33. The SMILES string of the molecule is O=C([O-])[O-].[Ca+2].[Cl-].[Cl-].[Mg+2]. The van der Waals surface area contributed by atoms with Crippen LogP contribution in [0.15, 0.2) is 0 Å². The summed E-state index contributed by atoms with van der Waals surface area (Å²) in [6.45, 7) is 0. The first-order valence-corrected chi connectivity index (χ1v) is 0.612. The molecule has 40 valence electrons. The zero-order chi connectivity index (χ0) is 3.58. The molecule has 0 aromatic heterocycles. The number of rotatable bonds is 0. The number of halogens is 2. The van der Waals surface area contributed by atoms with E-state index in [-0.39, 0.29) is 85.6 Å². The zero-order valence-corrected chi connectivity index (χ0v) is 9.03. The van der Waals surface area contributed by atoms with Gasteiger partial charge in [0, 0.05) is 0 Å². The predicted molar refractivity (Wildman–Crippen MR) is 16.9 cm³/mol. The first kappa shape index (κ1) is 32.7. The average molecular weight is 195 g/mol. The van der Waals surface area contributed by atoms with Crippen molar-refractivity contribution >= 4 is 66.9 Å². The zero-order valence-electron chi connectivity index (χ0n) is 3.89. The van der Waals surface area contributed by atoms with Gasteiger partial charge in [0.15, 0.2) is 0 Å². The smallest absolute Gasteiger partial charge is 1.00 e. The maximum absolute atomic E-state index is 8.33. The van der Waals surface area contributed by atoms with Crippen molar-refractivity contribution in [3.05, 3.63) is 0 Å². The third-order valence-corrected chi connectivity index (χ3v) is 0. The minimum absolute atomic E-state index is 0. The summed E-state index contributed by atoms with van der Waals surface area (Å²) in [5, 5.41) is 16.7. The van der Waals surface area contributed by atoms with Gasteiger partial charge in [-0.3, -0.25) is 0 Å². The number of hydrogen-bond donors (Lipinski definition) is 0. The number of hydrogen-bond acceptors (Lipinski definition) is 3. The van der Waals surface area contributed by atoms with Crippen LogP contribution in [-0.2, 0) is 0 Å². The molecule has 0 aliphatic rings. The van der Waals surface area contributed by atoms with E-state index >= 15 is 0 Å². The van der Waals surface area contributed by atoms with E-state index in [9.17, 15) is 0 Å². The summed E-state index contributed by atoms with van der Waals surface area (Å²) in [7, 11) is 0. The van der Waals surface area contributed by atoms with Gasteiger partial charge in [0.25, 0.3) is 0 Å². The Morgan fingerprint density at radius 3 is 1.12 bits per heavy atom. The van der Waals surface area contributed by atoms with E-state index < -0.39 is 6.16 Å². The molecule has 0 radical (unpaired) electrons. The fourth-order valence-corrected chi connectivity index (χ4v) is 0. The Morgan fingerprint density at radius 1 is 1.12 bits per heavy atom. The molecule has 7 heteroatoms. The van der Waals surface area contributed by atoms with Crippen LogP contribution < -0.4 is 35.0 Å². The fraction of sp³-hybridized carbons (Fsp3) is 0. The second kappa shape index (κ2) is 23.2. The summed E-state index contributed by atoms with van der Waals surface area (Å²) in [6, 6.07) is 0. The molecular formula is CCaCl2MgO3. The third-order valence-electron chi connectivity index (χ3n) is 0. The van der Waals surface area contributed by atoms with E-state index in [2.05, 4.69) is 0 Å². The van der Waals surface area contributed by atoms with Crippen LogP contribution in [0, 0.1) is 0 Å². The van der Waals surface area contributed by atoms with Crippen LogP contribution >= 0.6 is 0 Å². The van der Waals surface area contributed by atoms with E-state index in [1.165, 1.54) is 0 Å². The van der Waals surface area contributed by atoms with Crippen LogP contribution in [-0.4, -0.2) is 66.9 Å². The van der Waals surface area contributed by atoms with Crippen molar-refractivity contribution in [3.63, 3.8) is 0 Å². The molecule has 0 bridgehead atoms. The van der Waals surface area contributed by atoms with Gasteiger partial charge in [0.05, 0.1) is 0 Å². The van der Waals surface area contributed by atoms with Crippen LogP contribution in [0.5, 0.6) is 0 Å². The molecule has 0 saturated carbocycles. The van der Waals surface area contributed by atoms with Crippen LogP contribution in [0.25, 0.3) is 0 Å². The van der Waals surface area contributed by atoms with Crippen LogP contribution in [0.3, 0.4) is 0 Å².